The van der Waals surface area contributed by atoms with Crippen LogP contribution in [0.1, 0.15) is 30.0 Å². The van der Waals surface area contributed by atoms with Gasteiger partial charge in [0, 0.05) is 10.9 Å². The molecule has 1 aromatic rings. The molecule has 0 bridgehead atoms. The lowest BCUT2D eigenvalue weighted by atomic mass is 9.99. The minimum atomic E-state index is 0.220. The SMILES string of the molecule is CN(C)C(CC#N)c1ccc2c(c1)CCCS2. The van der Waals surface area contributed by atoms with Gasteiger partial charge >= 0.3 is 0 Å². The first-order chi connectivity index (χ1) is 8.22. The van der Waals surface area contributed by atoms with Crippen LogP contribution in [-0.4, -0.2) is 24.7 Å². The number of rotatable bonds is 3. The number of hydrogen-bond donors (Lipinski definition) is 0. The standard InChI is InChI=1S/C14H18N2S/c1-16(2)13(7-8-15)11-5-6-14-12(10-11)4-3-9-17-14/h5-6,10,13H,3-4,7,9H2,1-2H3. The summed E-state index contributed by atoms with van der Waals surface area (Å²) in [6.07, 6.45) is 3.01. The van der Waals surface area contributed by atoms with E-state index < -0.39 is 0 Å². The van der Waals surface area contributed by atoms with Gasteiger partial charge in [-0.1, -0.05) is 12.1 Å². The first kappa shape index (κ1) is 12.5. The number of fused-ring (bicyclic) bond motifs is 1. The molecule has 1 aromatic carbocycles. The average Bonchev–Trinajstić information content (AvgIpc) is 2.35. The van der Waals surface area contributed by atoms with Crippen LogP contribution in [0.2, 0.25) is 0 Å². The molecule has 2 nitrogen and oxygen atoms in total. The summed E-state index contributed by atoms with van der Waals surface area (Å²) in [6.45, 7) is 0. The molecular weight excluding hydrogens is 228 g/mol. The molecule has 1 atom stereocenters. The molecule has 0 saturated heterocycles. The summed E-state index contributed by atoms with van der Waals surface area (Å²) >= 11 is 1.95. The van der Waals surface area contributed by atoms with E-state index in [2.05, 4.69) is 29.2 Å². The van der Waals surface area contributed by atoms with Crippen molar-refractivity contribution >= 4 is 11.8 Å². The molecule has 0 saturated carbocycles. The van der Waals surface area contributed by atoms with E-state index in [1.165, 1.54) is 34.6 Å². The molecule has 0 fully saturated rings. The zero-order valence-corrected chi connectivity index (χ0v) is 11.3. The number of hydrogen-bond acceptors (Lipinski definition) is 3. The van der Waals surface area contributed by atoms with Crippen molar-refractivity contribution < 1.29 is 0 Å². The Labute approximate surface area is 108 Å². The topological polar surface area (TPSA) is 27.0 Å². The van der Waals surface area contributed by atoms with Gasteiger partial charge in [-0.25, -0.2) is 0 Å². The fraction of sp³-hybridized carbons (Fsp3) is 0.500. The van der Waals surface area contributed by atoms with E-state index in [0.29, 0.717) is 6.42 Å². The van der Waals surface area contributed by atoms with Crippen LogP contribution < -0.4 is 0 Å². The van der Waals surface area contributed by atoms with Gasteiger partial charge in [0.25, 0.3) is 0 Å². The summed E-state index contributed by atoms with van der Waals surface area (Å²) < 4.78 is 0. The predicted octanol–water partition coefficient (Wildman–Crippen LogP) is 3.24. The normalized spacial score (nSPS) is 16.4. The van der Waals surface area contributed by atoms with Crippen LogP contribution in [0.25, 0.3) is 0 Å². The van der Waals surface area contributed by atoms with Crippen molar-refractivity contribution in [2.45, 2.75) is 30.2 Å². The summed E-state index contributed by atoms with van der Waals surface area (Å²) in [5.74, 6) is 1.24. The molecule has 0 spiro atoms. The van der Waals surface area contributed by atoms with Crippen LogP contribution in [-0.2, 0) is 6.42 Å². The van der Waals surface area contributed by atoms with Crippen LogP contribution in [0.3, 0.4) is 0 Å². The van der Waals surface area contributed by atoms with Crippen LogP contribution in [0.5, 0.6) is 0 Å². The Morgan fingerprint density at radius 2 is 2.29 bits per heavy atom. The summed E-state index contributed by atoms with van der Waals surface area (Å²) in [5.41, 5.74) is 2.74. The van der Waals surface area contributed by atoms with Gasteiger partial charge in [0.2, 0.25) is 0 Å². The fourth-order valence-electron chi connectivity index (χ4n) is 2.27. The van der Waals surface area contributed by atoms with Crippen LogP contribution in [0, 0.1) is 11.3 Å². The van der Waals surface area contributed by atoms with E-state index in [0.717, 1.165) is 0 Å². The average molecular weight is 246 g/mol. The van der Waals surface area contributed by atoms with Gasteiger partial charge in [-0.2, -0.15) is 5.26 Å². The summed E-state index contributed by atoms with van der Waals surface area (Å²) in [4.78, 5) is 3.55. The number of aryl methyl sites for hydroxylation is 1. The van der Waals surface area contributed by atoms with Crippen molar-refractivity contribution in [3.8, 4) is 6.07 Å². The van der Waals surface area contributed by atoms with E-state index in [4.69, 9.17) is 5.26 Å². The van der Waals surface area contributed by atoms with Crippen molar-refractivity contribution in [3.05, 3.63) is 29.3 Å². The van der Waals surface area contributed by atoms with Gasteiger partial charge in [-0.3, -0.25) is 0 Å². The second-order valence-corrected chi connectivity index (χ2v) is 5.80. The maximum atomic E-state index is 8.90. The molecular formula is C14H18N2S. The van der Waals surface area contributed by atoms with Crippen molar-refractivity contribution in [2.75, 3.05) is 19.8 Å². The van der Waals surface area contributed by atoms with E-state index in [-0.39, 0.29) is 6.04 Å². The Morgan fingerprint density at radius 1 is 1.47 bits per heavy atom. The Hall–Kier alpha value is -0.980. The third-order valence-corrected chi connectivity index (χ3v) is 4.43. The number of benzene rings is 1. The number of thioether (sulfide) groups is 1. The predicted molar refractivity (Wildman–Crippen MR) is 72.1 cm³/mol. The van der Waals surface area contributed by atoms with Gasteiger partial charge in [-0.15, -0.1) is 11.8 Å². The molecule has 0 radical (unpaired) electrons. The molecule has 0 N–H and O–H groups in total. The Balaban J connectivity index is 2.29. The highest BCUT2D eigenvalue weighted by atomic mass is 32.2. The van der Waals surface area contributed by atoms with Gasteiger partial charge in [0.15, 0.2) is 0 Å². The highest BCUT2D eigenvalue weighted by Crippen LogP contribution is 2.33. The molecule has 0 aliphatic carbocycles. The van der Waals surface area contributed by atoms with Gasteiger partial charge in [-0.05, 0) is 49.9 Å². The molecule has 2 rings (SSSR count). The highest BCUT2D eigenvalue weighted by molar-refractivity contribution is 7.99. The molecule has 3 heteroatoms. The maximum Gasteiger partial charge on any atom is 0.0641 e. The summed E-state index contributed by atoms with van der Waals surface area (Å²) in [7, 11) is 4.08. The van der Waals surface area contributed by atoms with Gasteiger partial charge < -0.3 is 4.90 Å². The first-order valence-electron chi connectivity index (χ1n) is 6.01. The first-order valence-corrected chi connectivity index (χ1v) is 7.00. The van der Waals surface area contributed by atoms with Crippen LogP contribution in [0.15, 0.2) is 23.1 Å². The van der Waals surface area contributed by atoms with Crippen molar-refractivity contribution in [3.63, 3.8) is 0 Å². The highest BCUT2D eigenvalue weighted by Gasteiger charge is 2.16. The largest absolute Gasteiger partial charge is 0.301 e. The smallest absolute Gasteiger partial charge is 0.0641 e. The molecule has 17 heavy (non-hydrogen) atoms. The summed E-state index contributed by atoms with van der Waals surface area (Å²) in [6, 6.07) is 9.20. The van der Waals surface area contributed by atoms with Crippen molar-refractivity contribution in [1.82, 2.24) is 4.90 Å². The van der Waals surface area contributed by atoms with Crippen molar-refractivity contribution in [1.29, 1.82) is 5.26 Å². The zero-order valence-electron chi connectivity index (χ0n) is 10.4. The zero-order chi connectivity index (χ0) is 12.3. The third-order valence-electron chi connectivity index (χ3n) is 3.23. The lowest BCUT2D eigenvalue weighted by Gasteiger charge is -2.24. The molecule has 90 valence electrons. The minimum absolute atomic E-state index is 0.220. The second kappa shape index (κ2) is 5.57. The Bertz CT molecular complexity index is 434. The molecule has 1 unspecified atom stereocenters. The van der Waals surface area contributed by atoms with E-state index >= 15 is 0 Å². The number of nitrogens with zero attached hydrogens (tertiary/aromatic N) is 2. The molecule has 1 aliphatic heterocycles. The monoisotopic (exact) mass is 246 g/mol. The van der Waals surface area contributed by atoms with Crippen molar-refractivity contribution in [2.24, 2.45) is 0 Å². The molecule has 0 amide bonds. The number of nitriles is 1. The van der Waals surface area contributed by atoms with Crippen LogP contribution >= 0.6 is 11.8 Å². The lowest BCUT2D eigenvalue weighted by molar-refractivity contribution is 0.303. The van der Waals surface area contributed by atoms with Gasteiger partial charge in [0.1, 0.15) is 0 Å². The molecule has 1 heterocycles. The molecule has 1 aliphatic rings. The quantitative estimate of drug-likeness (QED) is 0.819. The van der Waals surface area contributed by atoms with E-state index in [1.54, 1.807) is 0 Å². The molecule has 0 aromatic heterocycles. The Kier molecular flexibility index (Phi) is 4.09. The lowest BCUT2D eigenvalue weighted by Crippen LogP contribution is -2.19. The fourth-order valence-corrected chi connectivity index (χ4v) is 3.29. The summed E-state index contributed by atoms with van der Waals surface area (Å²) in [5, 5.41) is 8.90. The minimum Gasteiger partial charge on any atom is -0.301 e. The van der Waals surface area contributed by atoms with Crippen LogP contribution in [0.4, 0.5) is 0 Å². The maximum absolute atomic E-state index is 8.90. The second-order valence-electron chi connectivity index (χ2n) is 4.66. The van der Waals surface area contributed by atoms with Gasteiger partial charge in [0.05, 0.1) is 12.5 Å². The Morgan fingerprint density at radius 3 is 3.00 bits per heavy atom. The van der Waals surface area contributed by atoms with E-state index in [1.807, 2.05) is 25.9 Å². The third kappa shape index (κ3) is 2.83. The van der Waals surface area contributed by atoms with E-state index in [9.17, 15) is 0 Å².